The maximum Gasteiger partial charge on any atom is 0.206 e. The van der Waals surface area contributed by atoms with Crippen LogP contribution < -0.4 is 20.7 Å². The molecule has 36 heavy (non-hydrogen) atoms. The number of rotatable bonds is 7. The normalized spacial score (nSPS) is 19.3. The zero-order valence-corrected chi connectivity index (χ0v) is 21.3. The van der Waals surface area contributed by atoms with Crippen molar-refractivity contribution in [2.24, 2.45) is 0 Å². The summed E-state index contributed by atoms with van der Waals surface area (Å²) in [7, 11) is 1.57. The van der Waals surface area contributed by atoms with Gasteiger partial charge in [-0.1, -0.05) is 23.5 Å². The summed E-state index contributed by atoms with van der Waals surface area (Å²) in [6.45, 7) is 3.96. The van der Waals surface area contributed by atoms with Gasteiger partial charge < -0.3 is 25.8 Å². The number of carbonyl (C=O) groups is 1. The Balaban J connectivity index is 1.19. The number of aromatic nitrogens is 1. The average Bonchev–Trinajstić information content (AvgIpc) is 3.28. The molecule has 1 atom stereocenters. The van der Waals surface area contributed by atoms with Gasteiger partial charge in [0.15, 0.2) is 5.13 Å². The van der Waals surface area contributed by atoms with Crippen molar-refractivity contribution in [3.8, 4) is 5.75 Å². The highest BCUT2D eigenvalue weighted by Crippen LogP contribution is 2.31. The fourth-order valence-corrected chi connectivity index (χ4v) is 5.99. The summed E-state index contributed by atoms with van der Waals surface area (Å²) >= 11 is 1.25. The van der Waals surface area contributed by atoms with Crippen LogP contribution in [0.25, 0.3) is 0 Å². The molecule has 1 aromatic heterocycles. The van der Waals surface area contributed by atoms with E-state index in [1.807, 2.05) is 12.1 Å². The molecule has 0 bridgehead atoms. The highest BCUT2D eigenvalue weighted by Gasteiger charge is 2.28. The number of anilines is 4. The Labute approximate surface area is 215 Å². The van der Waals surface area contributed by atoms with Gasteiger partial charge in [-0.25, -0.2) is 4.98 Å². The molecule has 0 radical (unpaired) electrons. The standard InChI is InChI=1S/C27H33N5O3S/c1-35-23-6-2-4-18(16-23)24(34)25-26(28)30-27(36-25)29-19-7-9-20(10-8-19)31-14-11-21(12-15-31)32-13-3-5-22(33)17-32/h2,4,6-10,16,21-22,33H,3,5,11-15,17,28H2,1H3,(H,29,30). The molecule has 4 N–H and O–H groups in total. The number of piperidine rings is 2. The maximum atomic E-state index is 12.9. The van der Waals surface area contributed by atoms with Crippen molar-refractivity contribution < 1.29 is 14.6 Å². The fourth-order valence-electron chi connectivity index (χ4n) is 5.13. The van der Waals surface area contributed by atoms with Crippen LogP contribution in [0.2, 0.25) is 0 Å². The number of ether oxygens (including phenoxy) is 1. The number of hydrogen-bond acceptors (Lipinski definition) is 9. The number of aliphatic hydroxyl groups excluding tert-OH is 1. The van der Waals surface area contributed by atoms with Gasteiger partial charge in [0.05, 0.1) is 13.2 Å². The summed E-state index contributed by atoms with van der Waals surface area (Å²) in [5, 5.41) is 13.9. The van der Waals surface area contributed by atoms with Crippen LogP contribution in [0.15, 0.2) is 48.5 Å². The zero-order valence-electron chi connectivity index (χ0n) is 20.5. The fraction of sp³-hybridized carbons (Fsp3) is 0.407. The summed E-state index contributed by atoms with van der Waals surface area (Å²) in [6.07, 6.45) is 4.10. The number of nitrogens with two attached hydrogens (primary N) is 1. The minimum Gasteiger partial charge on any atom is -0.497 e. The van der Waals surface area contributed by atoms with E-state index in [2.05, 4.69) is 32.2 Å². The topological polar surface area (TPSA) is 104 Å². The number of β-amino-alcohol motifs (C(OH)–C–C–N with tert-alkyl or cyclic N) is 1. The van der Waals surface area contributed by atoms with E-state index in [0.29, 0.717) is 27.4 Å². The summed E-state index contributed by atoms with van der Waals surface area (Å²) in [5.41, 5.74) is 8.69. The van der Waals surface area contributed by atoms with Gasteiger partial charge in [0.25, 0.3) is 0 Å². The van der Waals surface area contributed by atoms with Crippen LogP contribution in [-0.2, 0) is 0 Å². The molecular formula is C27H33N5O3S. The second-order valence-corrected chi connectivity index (χ2v) is 10.5. The smallest absolute Gasteiger partial charge is 0.206 e. The van der Waals surface area contributed by atoms with E-state index in [1.54, 1.807) is 31.4 Å². The van der Waals surface area contributed by atoms with Crippen molar-refractivity contribution in [2.45, 2.75) is 37.8 Å². The van der Waals surface area contributed by atoms with Crippen LogP contribution in [0.1, 0.15) is 40.9 Å². The van der Waals surface area contributed by atoms with E-state index in [4.69, 9.17) is 10.5 Å². The molecule has 5 rings (SSSR count). The Morgan fingerprint density at radius 2 is 1.92 bits per heavy atom. The number of nitrogens with zero attached hydrogens (tertiary/aromatic N) is 3. The van der Waals surface area contributed by atoms with Crippen LogP contribution in [0.5, 0.6) is 5.75 Å². The third-order valence-corrected chi connectivity index (χ3v) is 8.07. The van der Waals surface area contributed by atoms with Gasteiger partial charge in [0.1, 0.15) is 16.4 Å². The molecule has 0 amide bonds. The lowest BCUT2D eigenvalue weighted by molar-refractivity contribution is 0.0398. The first-order valence-electron chi connectivity index (χ1n) is 12.5. The number of carbonyl (C=O) groups excluding carboxylic acids is 1. The second kappa shape index (κ2) is 10.9. The lowest BCUT2D eigenvalue weighted by Gasteiger charge is -2.42. The van der Waals surface area contributed by atoms with Gasteiger partial charge in [-0.15, -0.1) is 0 Å². The molecule has 3 aromatic rings. The molecule has 0 aliphatic carbocycles. The molecule has 2 fully saturated rings. The molecular weight excluding hydrogens is 474 g/mol. The van der Waals surface area contributed by atoms with Crippen LogP contribution in [-0.4, -0.2) is 66.2 Å². The highest BCUT2D eigenvalue weighted by molar-refractivity contribution is 7.18. The highest BCUT2D eigenvalue weighted by atomic mass is 32.1. The van der Waals surface area contributed by atoms with Gasteiger partial charge in [0.2, 0.25) is 5.78 Å². The number of nitrogens with one attached hydrogen (secondary N) is 1. The number of aliphatic hydroxyl groups is 1. The van der Waals surface area contributed by atoms with E-state index in [1.165, 1.54) is 17.0 Å². The van der Waals surface area contributed by atoms with Crippen LogP contribution >= 0.6 is 11.3 Å². The Hall–Kier alpha value is -3.14. The predicted octanol–water partition coefficient (Wildman–Crippen LogP) is 4.13. The van der Waals surface area contributed by atoms with Crippen molar-refractivity contribution in [3.63, 3.8) is 0 Å². The number of hydrogen-bond donors (Lipinski definition) is 3. The van der Waals surface area contributed by atoms with Crippen molar-refractivity contribution in [1.82, 2.24) is 9.88 Å². The minimum absolute atomic E-state index is 0.166. The summed E-state index contributed by atoms with van der Waals surface area (Å²) < 4.78 is 5.22. The largest absolute Gasteiger partial charge is 0.497 e. The first-order chi connectivity index (χ1) is 17.5. The average molecular weight is 508 g/mol. The number of likely N-dealkylation sites (tertiary alicyclic amines) is 1. The van der Waals surface area contributed by atoms with Gasteiger partial charge >= 0.3 is 0 Å². The summed E-state index contributed by atoms with van der Waals surface area (Å²) in [4.78, 5) is 22.6. The Kier molecular flexibility index (Phi) is 7.41. The number of ketones is 1. The molecule has 8 nitrogen and oxygen atoms in total. The van der Waals surface area contributed by atoms with Crippen LogP contribution in [0, 0.1) is 0 Å². The molecule has 3 heterocycles. The summed E-state index contributed by atoms with van der Waals surface area (Å²) in [6, 6.07) is 15.9. The predicted molar refractivity (Wildman–Crippen MR) is 145 cm³/mol. The summed E-state index contributed by atoms with van der Waals surface area (Å²) in [5.74, 6) is 0.669. The van der Waals surface area contributed by atoms with Crippen molar-refractivity contribution in [2.75, 3.05) is 49.2 Å². The van der Waals surface area contributed by atoms with Crippen LogP contribution in [0.4, 0.5) is 22.3 Å². The SMILES string of the molecule is COc1cccc(C(=O)c2sc(Nc3ccc(N4CCC(N5CCCC(O)C5)CC4)cc3)nc2N)c1. The Morgan fingerprint density at radius 3 is 2.64 bits per heavy atom. The first-order valence-corrected chi connectivity index (χ1v) is 13.3. The molecule has 0 saturated carbocycles. The van der Waals surface area contributed by atoms with Gasteiger partial charge in [-0.3, -0.25) is 9.69 Å². The van der Waals surface area contributed by atoms with E-state index < -0.39 is 0 Å². The van der Waals surface area contributed by atoms with E-state index >= 15 is 0 Å². The molecule has 190 valence electrons. The molecule has 0 spiro atoms. The monoisotopic (exact) mass is 507 g/mol. The molecule has 2 aromatic carbocycles. The lowest BCUT2D eigenvalue weighted by atomic mass is 9.98. The quantitative estimate of drug-likeness (QED) is 0.410. The van der Waals surface area contributed by atoms with E-state index in [0.717, 1.165) is 57.5 Å². The maximum absolute atomic E-state index is 12.9. The molecule has 2 aliphatic rings. The lowest BCUT2D eigenvalue weighted by Crippen LogP contribution is -2.49. The number of nitrogen functional groups attached to an aromatic ring is 1. The molecule has 1 unspecified atom stereocenters. The van der Waals surface area contributed by atoms with Gasteiger partial charge in [-0.05, 0) is 68.6 Å². The third-order valence-electron chi connectivity index (χ3n) is 7.08. The van der Waals surface area contributed by atoms with Crippen molar-refractivity contribution in [1.29, 1.82) is 0 Å². The number of thiazole rings is 1. The van der Waals surface area contributed by atoms with E-state index in [9.17, 15) is 9.90 Å². The number of methoxy groups -OCH3 is 1. The van der Waals surface area contributed by atoms with Crippen molar-refractivity contribution >= 4 is 39.4 Å². The van der Waals surface area contributed by atoms with Crippen molar-refractivity contribution in [3.05, 3.63) is 59.0 Å². The van der Waals surface area contributed by atoms with Crippen LogP contribution in [0.3, 0.4) is 0 Å². The first kappa shape index (κ1) is 24.5. The minimum atomic E-state index is -0.172. The van der Waals surface area contributed by atoms with E-state index in [-0.39, 0.29) is 17.7 Å². The Morgan fingerprint density at radius 1 is 1.14 bits per heavy atom. The molecule has 2 aliphatic heterocycles. The third kappa shape index (κ3) is 5.48. The molecule has 9 heteroatoms. The van der Waals surface area contributed by atoms with Gasteiger partial charge in [0, 0.05) is 42.6 Å². The second-order valence-electron chi connectivity index (χ2n) is 9.48. The molecule has 2 saturated heterocycles. The zero-order chi connectivity index (χ0) is 25.1. The number of benzene rings is 2. The van der Waals surface area contributed by atoms with Gasteiger partial charge in [-0.2, -0.15) is 0 Å². The Bertz CT molecular complexity index is 1190.